The molecular formula is C24H29BrFN3O. The summed E-state index contributed by atoms with van der Waals surface area (Å²) in [5.41, 5.74) is 2.23. The van der Waals surface area contributed by atoms with Crippen molar-refractivity contribution >= 4 is 22.0 Å². The van der Waals surface area contributed by atoms with Gasteiger partial charge in [-0.1, -0.05) is 46.3 Å². The smallest absolute Gasteiger partial charge is 0.320 e. The maximum atomic E-state index is 13.6. The quantitative estimate of drug-likeness (QED) is 0.603. The number of likely N-dealkylation sites (tertiary alicyclic amines) is 1. The summed E-state index contributed by atoms with van der Waals surface area (Å²) < 4.78 is 14.6. The van der Waals surface area contributed by atoms with Gasteiger partial charge in [-0.3, -0.25) is 0 Å². The van der Waals surface area contributed by atoms with E-state index in [1.165, 1.54) is 11.6 Å². The first-order chi connectivity index (χ1) is 14.5. The second kappa shape index (κ2) is 9.48. The van der Waals surface area contributed by atoms with Crippen LogP contribution < -0.4 is 0 Å². The predicted octanol–water partition coefficient (Wildman–Crippen LogP) is 4.78. The van der Waals surface area contributed by atoms with Gasteiger partial charge in [-0.15, -0.1) is 0 Å². The summed E-state index contributed by atoms with van der Waals surface area (Å²) in [6.07, 6.45) is 3.14. The first-order valence-corrected chi connectivity index (χ1v) is 11.5. The second-order valence-electron chi connectivity index (χ2n) is 8.60. The molecule has 1 unspecified atom stereocenters. The Morgan fingerprint density at radius 2 is 1.83 bits per heavy atom. The molecule has 0 aliphatic carbocycles. The molecule has 30 heavy (non-hydrogen) atoms. The van der Waals surface area contributed by atoms with Gasteiger partial charge in [0.2, 0.25) is 0 Å². The highest BCUT2D eigenvalue weighted by atomic mass is 79.9. The number of rotatable bonds is 6. The molecule has 0 spiro atoms. The van der Waals surface area contributed by atoms with Gasteiger partial charge in [0.25, 0.3) is 0 Å². The van der Waals surface area contributed by atoms with Crippen molar-refractivity contribution in [3.05, 3.63) is 69.9 Å². The largest absolute Gasteiger partial charge is 0.322 e. The van der Waals surface area contributed by atoms with E-state index in [1.807, 2.05) is 35.0 Å². The van der Waals surface area contributed by atoms with E-state index in [0.29, 0.717) is 12.5 Å². The van der Waals surface area contributed by atoms with Crippen molar-refractivity contribution in [3.63, 3.8) is 0 Å². The third kappa shape index (κ3) is 5.03. The number of nitrogens with zero attached hydrogens (tertiary/aromatic N) is 3. The van der Waals surface area contributed by atoms with Crippen LogP contribution in [-0.4, -0.2) is 60.0 Å². The van der Waals surface area contributed by atoms with Crippen LogP contribution >= 0.6 is 15.9 Å². The summed E-state index contributed by atoms with van der Waals surface area (Å²) in [6, 6.07) is 15.5. The lowest BCUT2D eigenvalue weighted by molar-refractivity contribution is 0.149. The van der Waals surface area contributed by atoms with E-state index in [0.717, 1.165) is 55.5 Å². The van der Waals surface area contributed by atoms with Crippen LogP contribution in [0.5, 0.6) is 0 Å². The van der Waals surface area contributed by atoms with Gasteiger partial charge in [-0.05, 0) is 67.6 Å². The number of benzene rings is 2. The minimum atomic E-state index is -0.167. The van der Waals surface area contributed by atoms with Crippen LogP contribution in [0.4, 0.5) is 9.18 Å². The number of carbonyl (C=O) groups excluding carboxylic acids is 1. The average molecular weight is 474 g/mol. The monoisotopic (exact) mass is 473 g/mol. The second-order valence-corrected chi connectivity index (χ2v) is 9.45. The van der Waals surface area contributed by atoms with E-state index in [-0.39, 0.29) is 17.9 Å². The lowest BCUT2D eigenvalue weighted by Gasteiger charge is -2.34. The third-order valence-corrected chi connectivity index (χ3v) is 7.23. The van der Waals surface area contributed by atoms with Crippen LogP contribution in [0, 0.1) is 11.7 Å². The van der Waals surface area contributed by atoms with Crippen LogP contribution in [0.3, 0.4) is 0 Å². The standard InChI is InChI=1S/C24H29BrFN3O/c1-27-22(17-29(24(27)30)15-19-5-3-2-4-6-19)16-28-11-9-18(10-12-28)13-20-14-21(26)7-8-23(20)25/h2-8,14,18,22H,9-13,15-17H2,1H3. The zero-order valence-electron chi connectivity index (χ0n) is 17.4. The first-order valence-electron chi connectivity index (χ1n) is 10.7. The van der Waals surface area contributed by atoms with Gasteiger partial charge in [-0.2, -0.15) is 0 Å². The molecule has 2 aliphatic heterocycles. The van der Waals surface area contributed by atoms with Crippen molar-refractivity contribution in [2.75, 3.05) is 33.2 Å². The van der Waals surface area contributed by atoms with Crippen LogP contribution in [0.2, 0.25) is 0 Å². The van der Waals surface area contributed by atoms with Crippen molar-refractivity contribution in [3.8, 4) is 0 Å². The summed E-state index contributed by atoms with van der Waals surface area (Å²) in [5.74, 6) is 0.413. The minimum absolute atomic E-state index is 0.120. The number of hydrogen-bond acceptors (Lipinski definition) is 2. The van der Waals surface area contributed by atoms with Crippen molar-refractivity contribution in [2.45, 2.75) is 31.8 Å². The number of urea groups is 1. The number of carbonyl (C=O) groups is 1. The Kier molecular flexibility index (Phi) is 6.74. The zero-order chi connectivity index (χ0) is 21.1. The lowest BCUT2D eigenvalue weighted by atomic mass is 9.90. The van der Waals surface area contributed by atoms with Gasteiger partial charge in [0.15, 0.2) is 0 Å². The van der Waals surface area contributed by atoms with Crippen LogP contribution in [0.15, 0.2) is 53.0 Å². The van der Waals surface area contributed by atoms with E-state index < -0.39 is 0 Å². The fourth-order valence-corrected chi connectivity index (χ4v) is 5.04. The molecule has 1 atom stereocenters. The Morgan fingerprint density at radius 3 is 2.57 bits per heavy atom. The molecule has 0 bridgehead atoms. The fraction of sp³-hybridized carbons (Fsp3) is 0.458. The van der Waals surface area contributed by atoms with E-state index >= 15 is 0 Å². The maximum absolute atomic E-state index is 13.6. The van der Waals surface area contributed by atoms with Gasteiger partial charge >= 0.3 is 6.03 Å². The van der Waals surface area contributed by atoms with Crippen molar-refractivity contribution < 1.29 is 9.18 Å². The summed E-state index contributed by atoms with van der Waals surface area (Å²) in [4.78, 5) is 19.0. The molecule has 2 heterocycles. The number of halogens is 2. The topological polar surface area (TPSA) is 26.8 Å². The highest BCUT2D eigenvalue weighted by molar-refractivity contribution is 9.10. The molecule has 2 amide bonds. The number of piperidine rings is 1. The maximum Gasteiger partial charge on any atom is 0.320 e. The Bertz CT molecular complexity index is 870. The average Bonchev–Trinajstić information content (AvgIpc) is 3.00. The minimum Gasteiger partial charge on any atom is -0.322 e. The Balaban J connectivity index is 1.27. The zero-order valence-corrected chi connectivity index (χ0v) is 19.0. The predicted molar refractivity (Wildman–Crippen MR) is 121 cm³/mol. The SMILES string of the molecule is CN1C(=O)N(Cc2ccccc2)CC1CN1CCC(Cc2cc(F)ccc2Br)CC1. The van der Waals surface area contributed by atoms with Gasteiger partial charge in [0.1, 0.15) is 5.82 Å². The molecular weight excluding hydrogens is 445 g/mol. The molecule has 2 saturated heterocycles. The van der Waals surface area contributed by atoms with E-state index in [4.69, 9.17) is 0 Å². The highest BCUT2D eigenvalue weighted by Crippen LogP contribution is 2.27. The molecule has 2 aromatic rings. The molecule has 0 aromatic heterocycles. The molecule has 0 saturated carbocycles. The molecule has 0 N–H and O–H groups in total. The molecule has 2 aliphatic rings. The number of hydrogen-bond donors (Lipinski definition) is 0. The van der Waals surface area contributed by atoms with Crippen molar-refractivity contribution in [1.29, 1.82) is 0 Å². The Labute approximate surface area is 186 Å². The molecule has 4 nitrogen and oxygen atoms in total. The van der Waals surface area contributed by atoms with Gasteiger partial charge in [0, 0.05) is 31.2 Å². The van der Waals surface area contributed by atoms with E-state index in [1.54, 1.807) is 12.1 Å². The summed E-state index contributed by atoms with van der Waals surface area (Å²) in [7, 11) is 1.92. The van der Waals surface area contributed by atoms with Crippen LogP contribution in [0.25, 0.3) is 0 Å². The summed E-state index contributed by atoms with van der Waals surface area (Å²) >= 11 is 3.55. The van der Waals surface area contributed by atoms with Crippen LogP contribution in [-0.2, 0) is 13.0 Å². The molecule has 2 fully saturated rings. The molecule has 0 radical (unpaired) electrons. The van der Waals surface area contributed by atoms with Gasteiger partial charge in [-0.25, -0.2) is 9.18 Å². The fourth-order valence-electron chi connectivity index (χ4n) is 4.63. The van der Waals surface area contributed by atoms with Gasteiger partial charge < -0.3 is 14.7 Å². The van der Waals surface area contributed by atoms with Crippen LogP contribution in [0.1, 0.15) is 24.0 Å². The Morgan fingerprint density at radius 1 is 1.10 bits per heavy atom. The summed E-state index contributed by atoms with van der Waals surface area (Å²) in [5, 5.41) is 0. The Hall–Kier alpha value is -1.92. The number of amides is 2. The first kappa shape index (κ1) is 21.3. The summed E-state index contributed by atoms with van der Waals surface area (Å²) in [6.45, 7) is 4.44. The van der Waals surface area contributed by atoms with Crippen molar-refractivity contribution in [2.24, 2.45) is 5.92 Å². The van der Waals surface area contributed by atoms with E-state index in [9.17, 15) is 9.18 Å². The normalized spacial score (nSPS) is 20.9. The molecule has 6 heteroatoms. The van der Waals surface area contributed by atoms with Gasteiger partial charge in [0.05, 0.1) is 6.04 Å². The molecule has 160 valence electrons. The van der Waals surface area contributed by atoms with E-state index in [2.05, 4.69) is 33.0 Å². The lowest BCUT2D eigenvalue weighted by Crippen LogP contribution is -2.44. The number of likely N-dealkylation sites (N-methyl/N-ethyl adjacent to an activating group) is 1. The van der Waals surface area contributed by atoms with Crippen molar-refractivity contribution in [1.82, 2.24) is 14.7 Å². The molecule has 2 aromatic carbocycles. The molecule has 4 rings (SSSR count). The third-order valence-electron chi connectivity index (χ3n) is 6.46. The highest BCUT2D eigenvalue weighted by Gasteiger charge is 2.36.